The van der Waals surface area contributed by atoms with Crippen molar-refractivity contribution in [1.29, 1.82) is 0 Å². The zero-order valence-electron chi connectivity index (χ0n) is 11.8. The molecule has 0 aliphatic rings. The average Bonchev–Trinajstić information content (AvgIpc) is 2.91. The largest absolute Gasteiger partial charge is 0.427 e. The third kappa shape index (κ3) is 4.27. The van der Waals surface area contributed by atoms with Gasteiger partial charge in [0.25, 0.3) is 0 Å². The summed E-state index contributed by atoms with van der Waals surface area (Å²) in [4.78, 5) is 0. The lowest BCUT2D eigenvalue weighted by Crippen LogP contribution is -2.11. The predicted octanol–water partition coefficient (Wildman–Crippen LogP) is 2.73. The maximum absolute atomic E-state index is 4.98. The van der Waals surface area contributed by atoms with Crippen LogP contribution in [0.3, 0.4) is 0 Å². The fourth-order valence-corrected chi connectivity index (χ4v) is 1.000. The lowest BCUT2D eigenvalue weighted by Gasteiger charge is -2.10. The highest BCUT2D eigenvalue weighted by atomic mass is 16.4. The molecule has 0 bridgehead atoms. The molecule has 6 heteroatoms. The molecule has 0 atom stereocenters. The number of nitrogens with zero attached hydrogens (tertiary/aromatic N) is 4. The van der Waals surface area contributed by atoms with Gasteiger partial charge >= 0.3 is 0 Å². The molecule has 100 valence electrons. The molecule has 18 heavy (non-hydrogen) atoms. The molecule has 2 aromatic rings. The number of hydrogen-bond donors (Lipinski definition) is 0. The molecule has 0 unspecified atom stereocenters. The quantitative estimate of drug-likeness (QED) is 0.717. The van der Waals surface area contributed by atoms with E-state index in [4.69, 9.17) is 8.83 Å². The molecule has 0 saturated heterocycles. The summed E-state index contributed by atoms with van der Waals surface area (Å²) in [5.41, 5.74) is -0.0347. The molecule has 0 aliphatic heterocycles. The molecule has 0 amide bonds. The standard InChI is InChI=1S/2C6H10N2O/c2*1-6(2,3)5-8-7-4-9-5/h2*4H,1-3H3. The summed E-state index contributed by atoms with van der Waals surface area (Å²) < 4.78 is 9.95. The highest BCUT2D eigenvalue weighted by Gasteiger charge is 2.19. The summed E-state index contributed by atoms with van der Waals surface area (Å²) in [7, 11) is 0. The van der Waals surface area contributed by atoms with Crippen molar-refractivity contribution in [3.63, 3.8) is 0 Å². The topological polar surface area (TPSA) is 77.8 Å². The van der Waals surface area contributed by atoms with E-state index >= 15 is 0 Å². The van der Waals surface area contributed by atoms with E-state index in [1.165, 1.54) is 12.8 Å². The van der Waals surface area contributed by atoms with Crippen molar-refractivity contribution in [3.05, 3.63) is 24.6 Å². The molecular weight excluding hydrogens is 232 g/mol. The van der Waals surface area contributed by atoms with Gasteiger partial charge < -0.3 is 8.83 Å². The van der Waals surface area contributed by atoms with E-state index in [0.717, 1.165) is 0 Å². The molecule has 0 aliphatic carbocycles. The van der Waals surface area contributed by atoms with E-state index in [2.05, 4.69) is 20.4 Å². The Labute approximate surface area is 107 Å². The molecular formula is C12H20N4O2. The Morgan fingerprint density at radius 3 is 1.17 bits per heavy atom. The summed E-state index contributed by atoms with van der Waals surface area (Å²) in [5, 5.41) is 14.7. The van der Waals surface area contributed by atoms with Crippen molar-refractivity contribution in [1.82, 2.24) is 20.4 Å². The second kappa shape index (κ2) is 5.29. The van der Waals surface area contributed by atoms with Gasteiger partial charge in [0, 0.05) is 10.8 Å². The minimum atomic E-state index is -0.0174. The van der Waals surface area contributed by atoms with Crippen molar-refractivity contribution in [2.45, 2.75) is 52.4 Å². The highest BCUT2D eigenvalue weighted by molar-refractivity contribution is 4.93. The summed E-state index contributed by atoms with van der Waals surface area (Å²) in [6.07, 6.45) is 2.70. The van der Waals surface area contributed by atoms with E-state index in [9.17, 15) is 0 Å². The van der Waals surface area contributed by atoms with Gasteiger partial charge in [0.1, 0.15) is 0 Å². The zero-order chi connectivity index (χ0) is 13.8. The van der Waals surface area contributed by atoms with Crippen LogP contribution in [0.5, 0.6) is 0 Å². The van der Waals surface area contributed by atoms with Crippen LogP contribution in [0.1, 0.15) is 53.3 Å². The van der Waals surface area contributed by atoms with Crippen molar-refractivity contribution in [2.75, 3.05) is 0 Å². The summed E-state index contributed by atoms with van der Waals surface area (Å²) in [6, 6.07) is 0. The molecule has 0 radical (unpaired) electrons. The van der Waals surface area contributed by atoms with Gasteiger partial charge in [-0.25, -0.2) is 0 Å². The maximum atomic E-state index is 4.98. The van der Waals surface area contributed by atoms with E-state index in [1.54, 1.807) is 0 Å². The molecule has 0 N–H and O–H groups in total. The molecule has 0 aromatic carbocycles. The fourth-order valence-electron chi connectivity index (χ4n) is 1.000. The van der Waals surface area contributed by atoms with Gasteiger partial charge in [-0.1, -0.05) is 41.5 Å². The van der Waals surface area contributed by atoms with Gasteiger partial charge in [-0.05, 0) is 0 Å². The van der Waals surface area contributed by atoms with Crippen LogP contribution in [-0.2, 0) is 10.8 Å². The molecule has 0 fully saturated rings. The second-order valence-electron chi connectivity index (χ2n) is 5.99. The first-order valence-corrected chi connectivity index (χ1v) is 5.74. The first kappa shape index (κ1) is 14.3. The first-order valence-electron chi connectivity index (χ1n) is 5.74. The smallest absolute Gasteiger partial charge is 0.221 e. The van der Waals surface area contributed by atoms with Crippen LogP contribution < -0.4 is 0 Å². The zero-order valence-corrected chi connectivity index (χ0v) is 11.8. The van der Waals surface area contributed by atoms with Crippen molar-refractivity contribution < 1.29 is 8.83 Å². The van der Waals surface area contributed by atoms with Crippen molar-refractivity contribution in [2.24, 2.45) is 0 Å². The van der Waals surface area contributed by atoms with E-state index < -0.39 is 0 Å². The van der Waals surface area contributed by atoms with Crippen LogP contribution in [0.2, 0.25) is 0 Å². The monoisotopic (exact) mass is 252 g/mol. The molecule has 2 heterocycles. The molecule has 2 aromatic heterocycles. The third-order valence-corrected chi connectivity index (χ3v) is 2.00. The van der Waals surface area contributed by atoms with Crippen LogP contribution >= 0.6 is 0 Å². The Bertz CT molecular complexity index is 391. The summed E-state index contributed by atoms with van der Waals surface area (Å²) in [6.45, 7) is 12.2. The summed E-state index contributed by atoms with van der Waals surface area (Å²) in [5.74, 6) is 1.37. The van der Waals surface area contributed by atoms with E-state index in [-0.39, 0.29) is 10.8 Å². The normalized spacial score (nSPS) is 11.9. The average molecular weight is 252 g/mol. The Morgan fingerprint density at radius 2 is 1.06 bits per heavy atom. The van der Waals surface area contributed by atoms with Gasteiger partial charge in [0.2, 0.25) is 24.6 Å². The lowest BCUT2D eigenvalue weighted by atomic mass is 9.97. The number of aromatic nitrogens is 4. The molecule has 0 saturated carbocycles. The van der Waals surface area contributed by atoms with Gasteiger partial charge in [-0.3, -0.25) is 0 Å². The van der Waals surface area contributed by atoms with Crippen LogP contribution in [0.25, 0.3) is 0 Å². The highest BCUT2D eigenvalue weighted by Crippen LogP contribution is 2.18. The second-order valence-corrected chi connectivity index (χ2v) is 5.99. The Hall–Kier alpha value is -1.72. The van der Waals surface area contributed by atoms with Crippen molar-refractivity contribution in [3.8, 4) is 0 Å². The van der Waals surface area contributed by atoms with Crippen LogP contribution in [0.15, 0.2) is 21.6 Å². The van der Waals surface area contributed by atoms with Crippen LogP contribution in [-0.4, -0.2) is 20.4 Å². The lowest BCUT2D eigenvalue weighted by molar-refractivity contribution is 0.392. The SMILES string of the molecule is CC(C)(C)c1nnco1.CC(C)(C)c1nnco1. The Morgan fingerprint density at radius 1 is 0.722 bits per heavy atom. The van der Waals surface area contributed by atoms with Crippen LogP contribution in [0, 0.1) is 0 Å². The molecule has 6 nitrogen and oxygen atoms in total. The van der Waals surface area contributed by atoms with Crippen LogP contribution in [0.4, 0.5) is 0 Å². The first-order chi connectivity index (χ1) is 8.21. The van der Waals surface area contributed by atoms with Gasteiger partial charge in [-0.2, -0.15) is 0 Å². The van der Waals surface area contributed by atoms with E-state index in [1.807, 2.05) is 41.5 Å². The van der Waals surface area contributed by atoms with Gasteiger partial charge in [0.05, 0.1) is 0 Å². The minimum Gasteiger partial charge on any atom is -0.427 e. The minimum absolute atomic E-state index is 0.0174. The number of rotatable bonds is 0. The van der Waals surface area contributed by atoms with Crippen molar-refractivity contribution >= 4 is 0 Å². The molecule has 2 rings (SSSR count). The Balaban J connectivity index is 0.000000180. The third-order valence-electron chi connectivity index (χ3n) is 2.00. The summed E-state index contributed by atoms with van der Waals surface area (Å²) >= 11 is 0. The predicted molar refractivity (Wildman–Crippen MR) is 66.0 cm³/mol. The van der Waals surface area contributed by atoms with E-state index in [0.29, 0.717) is 11.8 Å². The number of hydrogen-bond acceptors (Lipinski definition) is 6. The maximum Gasteiger partial charge on any atom is 0.221 e. The Kier molecular flexibility index (Phi) is 4.21. The fraction of sp³-hybridized carbons (Fsp3) is 0.667. The van der Waals surface area contributed by atoms with Gasteiger partial charge in [-0.15, -0.1) is 20.4 Å². The molecule has 0 spiro atoms. The van der Waals surface area contributed by atoms with Gasteiger partial charge in [0.15, 0.2) is 0 Å².